The van der Waals surface area contributed by atoms with Gasteiger partial charge in [-0.15, -0.1) is 0 Å². The number of carbonyl (C=O) groups is 2. The van der Waals surface area contributed by atoms with Gasteiger partial charge in [-0.25, -0.2) is 4.79 Å². The van der Waals surface area contributed by atoms with Crippen molar-refractivity contribution in [2.75, 3.05) is 20.2 Å². The molecule has 2 rings (SSSR count). The van der Waals surface area contributed by atoms with Crippen molar-refractivity contribution in [3.63, 3.8) is 0 Å². The average molecular weight is 352 g/mol. The fourth-order valence-electron chi connectivity index (χ4n) is 2.09. The lowest BCUT2D eigenvalue weighted by Gasteiger charge is -2.15. The van der Waals surface area contributed by atoms with Crippen LogP contribution in [0, 0.1) is 11.3 Å². The lowest BCUT2D eigenvalue weighted by atomic mass is 10.2. The van der Waals surface area contributed by atoms with Crippen LogP contribution >= 0.6 is 0 Å². The second kappa shape index (κ2) is 9.84. The number of hydrogen-bond donors (Lipinski definition) is 0. The monoisotopic (exact) mass is 352 g/mol. The zero-order chi connectivity index (χ0) is 18.8. The van der Waals surface area contributed by atoms with E-state index in [4.69, 9.17) is 14.7 Å². The van der Waals surface area contributed by atoms with E-state index in [-0.39, 0.29) is 18.9 Å². The summed E-state index contributed by atoms with van der Waals surface area (Å²) in [5.41, 5.74) is 1.39. The first-order valence-corrected chi connectivity index (χ1v) is 8.15. The number of hydrogen-bond acceptors (Lipinski definition) is 5. The van der Waals surface area contributed by atoms with Crippen LogP contribution < -0.4 is 4.74 Å². The van der Waals surface area contributed by atoms with Crippen LogP contribution in [-0.2, 0) is 16.1 Å². The molecule has 0 spiro atoms. The molecule has 0 aliphatic rings. The third-order valence-corrected chi connectivity index (χ3v) is 3.65. The fourth-order valence-corrected chi connectivity index (χ4v) is 2.09. The molecule has 0 bridgehead atoms. The number of amides is 1. The predicted molar refractivity (Wildman–Crippen MR) is 95.4 cm³/mol. The summed E-state index contributed by atoms with van der Waals surface area (Å²) in [5.74, 6) is -0.296. The third kappa shape index (κ3) is 5.95. The van der Waals surface area contributed by atoms with E-state index >= 15 is 0 Å². The van der Waals surface area contributed by atoms with Gasteiger partial charge < -0.3 is 14.4 Å². The van der Waals surface area contributed by atoms with Gasteiger partial charge in [0, 0.05) is 13.6 Å². The highest BCUT2D eigenvalue weighted by atomic mass is 16.5. The van der Waals surface area contributed by atoms with Crippen LogP contribution in [-0.4, -0.2) is 37.0 Å². The van der Waals surface area contributed by atoms with Gasteiger partial charge in [-0.1, -0.05) is 30.3 Å². The van der Waals surface area contributed by atoms with Gasteiger partial charge in [0.2, 0.25) is 0 Å². The Morgan fingerprint density at radius 1 is 1.08 bits per heavy atom. The number of nitrogens with zero attached hydrogens (tertiary/aromatic N) is 2. The lowest BCUT2D eigenvalue weighted by molar-refractivity contribution is -0.133. The summed E-state index contributed by atoms with van der Waals surface area (Å²) < 4.78 is 10.7. The molecule has 1 amide bonds. The zero-order valence-electron chi connectivity index (χ0n) is 14.6. The summed E-state index contributed by atoms with van der Waals surface area (Å²) in [5, 5.41) is 8.51. The van der Waals surface area contributed by atoms with E-state index in [0.29, 0.717) is 24.5 Å². The van der Waals surface area contributed by atoms with Crippen LogP contribution in [0.5, 0.6) is 5.75 Å². The van der Waals surface area contributed by atoms with E-state index in [1.165, 1.54) is 4.90 Å². The van der Waals surface area contributed by atoms with Crippen LogP contribution in [0.25, 0.3) is 0 Å². The topological polar surface area (TPSA) is 79.6 Å². The second-order valence-electron chi connectivity index (χ2n) is 5.60. The van der Waals surface area contributed by atoms with Crippen molar-refractivity contribution in [1.29, 1.82) is 5.26 Å². The summed E-state index contributed by atoms with van der Waals surface area (Å²) in [6.07, 6.45) is 0.237. The number of ether oxygens (including phenoxy) is 2. The fraction of sp³-hybridized carbons (Fsp3) is 0.250. The van der Waals surface area contributed by atoms with Crippen molar-refractivity contribution < 1.29 is 19.1 Å². The molecule has 0 saturated heterocycles. The Kier molecular flexibility index (Phi) is 7.19. The quantitative estimate of drug-likeness (QED) is 0.683. The molecular formula is C20H20N2O4. The van der Waals surface area contributed by atoms with Crippen LogP contribution in [0.3, 0.4) is 0 Å². The number of esters is 1. The van der Waals surface area contributed by atoms with E-state index in [9.17, 15) is 9.59 Å². The minimum atomic E-state index is -0.582. The molecule has 26 heavy (non-hydrogen) atoms. The van der Waals surface area contributed by atoms with E-state index in [0.717, 1.165) is 5.56 Å². The van der Waals surface area contributed by atoms with Gasteiger partial charge in [0.15, 0.2) is 6.61 Å². The summed E-state index contributed by atoms with van der Waals surface area (Å²) in [6, 6.07) is 18.3. The number of rotatable bonds is 8. The Labute approximate surface area is 152 Å². The maximum absolute atomic E-state index is 12.0. The summed E-state index contributed by atoms with van der Waals surface area (Å²) in [7, 11) is 1.56. The molecule has 6 heteroatoms. The summed E-state index contributed by atoms with van der Waals surface area (Å²) >= 11 is 0. The van der Waals surface area contributed by atoms with Crippen LogP contribution in [0.2, 0.25) is 0 Å². The maximum Gasteiger partial charge on any atom is 0.338 e. The smallest absolute Gasteiger partial charge is 0.338 e. The highest BCUT2D eigenvalue weighted by molar-refractivity contribution is 5.91. The number of benzene rings is 2. The third-order valence-electron chi connectivity index (χ3n) is 3.65. The Morgan fingerprint density at radius 2 is 1.77 bits per heavy atom. The molecular weight excluding hydrogens is 332 g/mol. The first-order valence-electron chi connectivity index (χ1n) is 8.15. The Hall–Kier alpha value is -3.33. The minimum Gasteiger partial charge on any atom is -0.489 e. The van der Waals surface area contributed by atoms with Crippen molar-refractivity contribution >= 4 is 11.9 Å². The normalized spacial score (nSPS) is 9.85. The van der Waals surface area contributed by atoms with E-state index < -0.39 is 5.97 Å². The largest absolute Gasteiger partial charge is 0.489 e. The Balaban J connectivity index is 1.81. The Bertz CT molecular complexity index is 767. The maximum atomic E-state index is 12.0. The Morgan fingerprint density at radius 3 is 2.42 bits per heavy atom. The molecule has 0 unspecified atom stereocenters. The summed E-state index contributed by atoms with van der Waals surface area (Å²) in [6.45, 7) is 0.390. The van der Waals surface area contributed by atoms with Crippen LogP contribution in [0.4, 0.5) is 0 Å². The van der Waals surface area contributed by atoms with Crippen molar-refractivity contribution in [3.05, 3.63) is 65.7 Å². The molecule has 0 N–H and O–H groups in total. The molecule has 0 aromatic heterocycles. The average Bonchev–Trinajstić information content (AvgIpc) is 2.69. The highest BCUT2D eigenvalue weighted by Gasteiger charge is 2.13. The van der Waals surface area contributed by atoms with Gasteiger partial charge in [-0.05, 0) is 29.8 Å². The zero-order valence-corrected chi connectivity index (χ0v) is 14.6. The predicted octanol–water partition coefficient (Wildman–Crippen LogP) is 2.79. The van der Waals surface area contributed by atoms with Gasteiger partial charge in [-0.3, -0.25) is 4.79 Å². The van der Waals surface area contributed by atoms with Gasteiger partial charge >= 0.3 is 5.97 Å². The molecule has 0 radical (unpaired) electrons. The lowest BCUT2D eigenvalue weighted by Crippen LogP contribution is -2.31. The number of carbonyl (C=O) groups excluding carboxylic acids is 2. The van der Waals surface area contributed by atoms with Gasteiger partial charge in [0.05, 0.1) is 18.1 Å². The number of nitriles is 1. The SMILES string of the molecule is CN(CCC#N)C(=O)COC(=O)c1ccc(OCc2ccccc2)cc1. The first kappa shape index (κ1) is 19.0. The van der Waals surface area contributed by atoms with E-state index in [2.05, 4.69) is 0 Å². The molecule has 0 saturated carbocycles. The van der Waals surface area contributed by atoms with Gasteiger partial charge in [-0.2, -0.15) is 5.26 Å². The molecule has 0 atom stereocenters. The molecule has 0 heterocycles. The molecule has 2 aromatic rings. The van der Waals surface area contributed by atoms with Gasteiger partial charge in [0.1, 0.15) is 12.4 Å². The van der Waals surface area contributed by atoms with Crippen LogP contribution in [0.1, 0.15) is 22.3 Å². The molecule has 0 fully saturated rings. The molecule has 134 valence electrons. The van der Waals surface area contributed by atoms with Gasteiger partial charge in [0.25, 0.3) is 5.91 Å². The first-order chi connectivity index (χ1) is 12.6. The highest BCUT2D eigenvalue weighted by Crippen LogP contribution is 2.15. The standard InChI is InChI=1S/C20H20N2O4/c1-22(13-5-12-21)19(23)15-26-20(24)17-8-10-18(11-9-17)25-14-16-6-3-2-4-7-16/h2-4,6-11H,5,13-15H2,1H3. The number of likely N-dealkylation sites (N-methyl/N-ethyl adjacent to an activating group) is 1. The van der Waals surface area contributed by atoms with E-state index in [1.807, 2.05) is 36.4 Å². The van der Waals surface area contributed by atoms with E-state index in [1.54, 1.807) is 31.3 Å². The van der Waals surface area contributed by atoms with Crippen molar-refractivity contribution in [1.82, 2.24) is 4.90 Å². The second-order valence-corrected chi connectivity index (χ2v) is 5.60. The molecule has 2 aromatic carbocycles. The summed E-state index contributed by atoms with van der Waals surface area (Å²) in [4.78, 5) is 25.1. The van der Waals surface area contributed by atoms with Crippen LogP contribution in [0.15, 0.2) is 54.6 Å². The van der Waals surface area contributed by atoms with Crippen molar-refractivity contribution in [3.8, 4) is 11.8 Å². The molecule has 0 aliphatic heterocycles. The molecule has 6 nitrogen and oxygen atoms in total. The van der Waals surface area contributed by atoms with Crippen molar-refractivity contribution in [2.24, 2.45) is 0 Å². The van der Waals surface area contributed by atoms with Crippen molar-refractivity contribution in [2.45, 2.75) is 13.0 Å². The molecule has 0 aliphatic carbocycles. The minimum absolute atomic E-state index is 0.237.